The number of hydrogen-bond acceptors (Lipinski definition) is 4. The van der Waals surface area contributed by atoms with E-state index >= 15 is 0 Å². The lowest BCUT2D eigenvalue weighted by Crippen LogP contribution is -2.30. The molecule has 1 aliphatic heterocycles. The van der Waals surface area contributed by atoms with E-state index in [9.17, 15) is 9.59 Å². The highest BCUT2D eigenvalue weighted by atomic mass is 16.5. The van der Waals surface area contributed by atoms with Gasteiger partial charge in [0.25, 0.3) is 11.8 Å². The van der Waals surface area contributed by atoms with Gasteiger partial charge in [-0.15, -0.1) is 0 Å². The Labute approximate surface area is 152 Å². The summed E-state index contributed by atoms with van der Waals surface area (Å²) < 4.78 is 11.0. The summed E-state index contributed by atoms with van der Waals surface area (Å²) >= 11 is 0. The van der Waals surface area contributed by atoms with Gasteiger partial charge in [0, 0.05) is 12.1 Å². The highest BCUT2D eigenvalue weighted by Crippen LogP contribution is 2.26. The van der Waals surface area contributed by atoms with Crippen LogP contribution in [0.4, 0.5) is 0 Å². The van der Waals surface area contributed by atoms with Crippen LogP contribution in [0.5, 0.6) is 11.5 Å². The first kappa shape index (κ1) is 17.8. The number of ether oxygens (including phenoxy) is 2. The second-order valence-corrected chi connectivity index (χ2v) is 6.31. The van der Waals surface area contributed by atoms with Crippen molar-refractivity contribution < 1.29 is 19.1 Å². The van der Waals surface area contributed by atoms with Crippen LogP contribution in [0, 0.1) is 5.92 Å². The summed E-state index contributed by atoms with van der Waals surface area (Å²) in [5.74, 6) is 0.953. The number of carbonyl (C=O) groups excluding carboxylic acids is 2. The fourth-order valence-electron chi connectivity index (χ4n) is 2.96. The molecule has 1 atom stereocenters. The van der Waals surface area contributed by atoms with Gasteiger partial charge >= 0.3 is 0 Å². The average molecular weight is 354 g/mol. The largest absolute Gasteiger partial charge is 0.493 e. The SMILES string of the molecule is NC(=O)COc1cccc(C(=O)NC[C@@H]2CCOc3ccccc3C2)c1. The Morgan fingerprint density at radius 3 is 2.88 bits per heavy atom. The van der Waals surface area contributed by atoms with E-state index in [-0.39, 0.29) is 12.5 Å². The molecule has 6 heteroatoms. The van der Waals surface area contributed by atoms with Gasteiger partial charge in [-0.2, -0.15) is 0 Å². The molecule has 1 aliphatic rings. The van der Waals surface area contributed by atoms with Crippen molar-refractivity contribution in [3.8, 4) is 11.5 Å². The molecule has 2 aromatic rings. The van der Waals surface area contributed by atoms with Gasteiger partial charge in [0.1, 0.15) is 11.5 Å². The zero-order valence-electron chi connectivity index (χ0n) is 14.4. The van der Waals surface area contributed by atoms with E-state index in [0.29, 0.717) is 30.4 Å². The Bertz CT molecular complexity index is 791. The molecule has 1 heterocycles. The number of para-hydroxylation sites is 1. The van der Waals surface area contributed by atoms with Crippen LogP contribution in [0.25, 0.3) is 0 Å². The van der Waals surface area contributed by atoms with Crippen LogP contribution >= 0.6 is 0 Å². The predicted molar refractivity (Wildman–Crippen MR) is 97.2 cm³/mol. The minimum Gasteiger partial charge on any atom is -0.493 e. The Kier molecular flexibility index (Phi) is 5.73. The van der Waals surface area contributed by atoms with Gasteiger partial charge in [-0.3, -0.25) is 9.59 Å². The average Bonchev–Trinajstić information content (AvgIpc) is 2.86. The molecule has 2 aromatic carbocycles. The van der Waals surface area contributed by atoms with Crippen molar-refractivity contribution in [1.29, 1.82) is 0 Å². The highest BCUT2D eigenvalue weighted by Gasteiger charge is 2.18. The van der Waals surface area contributed by atoms with Crippen LogP contribution in [-0.2, 0) is 11.2 Å². The number of carbonyl (C=O) groups is 2. The smallest absolute Gasteiger partial charge is 0.255 e. The molecular weight excluding hydrogens is 332 g/mol. The number of hydrogen-bond donors (Lipinski definition) is 2. The van der Waals surface area contributed by atoms with Crippen LogP contribution < -0.4 is 20.5 Å². The second-order valence-electron chi connectivity index (χ2n) is 6.31. The third kappa shape index (κ3) is 4.75. The van der Waals surface area contributed by atoms with E-state index in [1.165, 1.54) is 5.56 Å². The van der Waals surface area contributed by atoms with Crippen molar-refractivity contribution in [2.24, 2.45) is 11.7 Å². The van der Waals surface area contributed by atoms with Crippen LogP contribution in [0.2, 0.25) is 0 Å². The van der Waals surface area contributed by atoms with E-state index in [4.69, 9.17) is 15.2 Å². The van der Waals surface area contributed by atoms with Crippen molar-refractivity contribution in [3.05, 3.63) is 59.7 Å². The molecule has 0 unspecified atom stereocenters. The first-order chi connectivity index (χ1) is 12.6. The van der Waals surface area contributed by atoms with Gasteiger partial charge in [0.05, 0.1) is 6.61 Å². The van der Waals surface area contributed by atoms with Crippen molar-refractivity contribution >= 4 is 11.8 Å². The van der Waals surface area contributed by atoms with Gasteiger partial charge in [-0.25, -0.2) is 0 Å². The molecule has 3 rings (SSSR count). The molecule has 6 nitrogen and oxygen atoms in total. The lowest BCUT2D eigenvalue weighted by atomic mass is 9.97. The molecule has 0 saturated heterocycles. The fraction of sp³-hybridized carbons (Fsp3) is 0.300. The lowest BCUT2D eigenvalue weighted by molar-refractivity contribution is -0.119. The maximum Gasteiger partial charge on any atom is 0.255 e. The van der Waals surface area contributed by atoms with E-state index in [0.717, 1.165) is 18.6 Å². The van der Waals surface area contributed by atoms with Gasteiger partial charge in [0.2, 0.25) is 0 Å². The topological polar surface area (TPSA) is 90.7 Å². The Balaban J connectivity index is 1.57. The molecule has 0 radical (unpaired) electrons. The molecule has 0 saturated carbocycles. The maximum absolute atomic E-state index is 12.4. The third-order valence-electron chi connectivity index (χ3n) is 4.29. The number of rotatable bonds is 6. The van der Waals surface area contributed by atoms with E-state index < -0.39 is 5.91 Å². The summed E-state index contributed by atoms with van der Waals surface area (Å²) in [6, 6.07) is 14.7. The first-order valence-corrected chi connectivity index (χ1v) is 8.62. The Morgan fingerprint density at radius 2 is 2.04 bits per heavy atom. The molecule has 0 fully saturated rings. The number of nitrogens with one attached hydrogen (secondary N) is 1. The minimum atomic E-state index is -0.560. The quantitative estimate of drug-likeness (QED) is 0.829. The maximum atomic E-state index is 12.4. The fourth-order valence-corrected chi connectivity index (χ4v) is 2.96. The summed E-state index contributed by atoms with van der Waals surface area (Å²) in [7, 11) is 0. The molecule has 26 heavy (non-hydrogen) atoms. The van der Waals surface area contributed by atoms with E-state index in [2.05, 4.69) is 11.4 Å². The van der Waals surface area contributed by atoms with Crippen LogP contribution in [0.1, 0.15) is 22.3 Å². The van der Waals surface area contributed by atoms with Gasteiger partial charge in [-0.1, -0.05) is 24.3 Å². The third-order valence-corrected chi connectivity index (χ3v) is 4.29. The summed E-state index contributed by atoms with van der Waals surface area (Å²) in [4.78, 5) is 23.2. The van der Waals surface area contributed by atoms with Crippen molar-refractivity contribution in [3.63, 3.8) is 0 Å². The number of benzene rings is 2. The second kappa shape index (κ2) is 8.38. The molecule has 0 aromatic heterocycles. The van der Waals surface area contributed by atoms with Crippen LogP contribution in [0.3, 0.4) is 0 Å². The molecule has 0 bridgehead atoms. The zero-order chi connectivity index (χ0) is 18.4. The molecule has 2 amide bonds. The summed E-state index contributed by atoms with van der Waals surface area (Å²) in [6.45, 7) is 1.00. The van der Waals surface area contributed by atoms with Gasteiger partial charge < -0.3 is 20.5 Å². The van der Waals surface area contributed by atoms with Crippen LogP contribution in [0.15, 0.2) is 48.5 Å². The zero-order valence-corrected chi connectivity index (χ0v) is 14.4. The van der Waals surface area contributed by atoms with E-state index in [1.54, 1.807) is 24.3 Å². The summed E-state index contributed by atoms with van der Waals surface area (Å²) in [5.41, 5.74) is 6.72. The van der Waals surface area contributed by atoms with Crippen LogP contribution in [-0.4, -0.2) is 31.6 Å². The summed E-state index contributed by atoms with van der Waals surface area (Å²) in [6.07, 6.45) is 1.76. The highest BCUT2D eigenvalue weighted by molar-refractivity contribution is 5.94. The number of nitrogens with two attached hydrogens (primary N) is 1. The number of fused-ring (bicyclic) bond motifs is 1. The van der Waals surface area contributed by atoms with Gasteiger partial charge in [0.15, 0.2) is 6.61 Å². The molecule has 3 N–H and O–H groups in total. The minimum absolute atomic E-state index is 0.173. The number of primary amides is 1. The van der Waals surface area contributed by atoms with Gasteiger partial charge in [-0.05, 0) is 48.6 Å². The van der Waals surface area contributed by atoms with Crippen molar-refractivity contribution in [2.45, 2.75) is 12.8 Å². The molecule has 0 spiro atoms. The van der Waals surface area contributed by atoms with E-state index in [1.807, 2.05) is 18.2 Å². The molecule has 136 valence electrons. The predicted octanol–water partition coefficient (Wildman–Crippen LogP) is 1.92. The lowest BCUT2D eigenvalue weighted by Gasteiger charge is -2.15. The van der Waals surface area contributed by atoms with Crippen molar-refractivity contribution in [2.75, 3.05) is 19.8 Å². The number of amides is 2. The monoisotopic (exact) mass is 354 g/mol. The molecular formula is C20H22N2O4. The molecule has 0 aliphatic carbocycles. The Hall–Kier alpha value is -3.02. The van der Waals surface area contributed by atoms with Crippen molar-refractivity contribution in [1.82, 2.24) is 5.32 Å². The normalized spacial score (nSPS) is 15.9. The Morgan fingerprint density at radius 1 is 1.19 bits per heavy atom. The first-order valence-electron chi connectivity index (χ1n) is 8.62. The standard InChI is InChI=1S/C20H22N2O4/c21-19(23)13-26-17-6-3-5-16(11-17)20(24)22-12-14-8-9-25-18-7-2-1-4-15(18)10-14/h1-7,11,14H,8-10,12-13H2,(H2,21,23)(H,22,24)/t14-/m1/s1. The summed E-state index contributed by atoms with van der Waals surface area (Å²) in [5, 5.41) is 2.98.